The molecule has 0 fully saturated rings. The molecule has 0 aliphatic rings. The average Bonchev–Trinajstić information content (AvgIpc) is 2.52. The van der Waals surface area contributed by atoms with Crippen LogP contribution in [0.25, 0.3) is 0 Å². The number of nitrogens with zero attached hydrogens (tertiary/aromatic N) is 1. The molecule has 0 saturated heterocycles. The third-order valence-corrected chi connectivity index (χ3v) is 3.30. The summed E-state index contributed by atoms with van der Waals surface area (Å²) in [7, 11) is 1.52. The minimum Gasteiger partial charge on any atom is -0.495 e. The molecule has 0 spiro atoms. The van der Waals surface area contributed by atoms with Gasteiger partial charge >= 0.3 is 0 Å². The van der Waals surface area contributed by atoms with Crippen molar-refractivity contribution < 1.29 is 14.5 Å². The SMILES string of the molecule is COc1ccc(NCC(=O)c2ccc([N+](=O)[O-])cc2)cc1Cl. The van der Waals surface area contributed by atoms with Gasteiger partial charge in [-0.2, -0.15) is 0 Å². The molecule has 2 aromatic rings. The van der Waals surface area contributed by atoms with E-state index in [2.05, 4.69) is 5.32 Å². The zero-order valence-corrected chi connectivity index (χ0v) is 12.5. The van der Waals surface area contributed by atoms with Crippen LogP contribution in [-0.4, -0.2) is 24.4 Å². The number of hydrogen-bond donors (Lipinski definition) is 1. The number of carbonyl (C=O) groups excluding carboxylic acids is 1. The Morgan fingerprint density at radius 3 is 2.50 bits per heavy atom. The lowest BCUT2D eigenvalue weighted by molar-refractivity contribution is -0.384. The van der Waals surface area contributed by atoms with E-state index >= 15 is 0 Å². The van der Waals surface area contributed by atoms with E-state index in [9.17, 15) is 14.9 Å². The number of ether oxygens (including phenoxy) is 1. The summed E-state index contributed by atoms with van der Waals surface area (Å²) in [6, 6.07) is 10.6. The second-order valence-electron chi connectivity index (χ2n) is 4.43. The number of rotatable bonds is 6. The second-order valence-corrected chi connectivity index (χ2v) is 4.84. The Morgan fingerprint density at radius 2 is 1.95 bits per heavy atom. The van der Waals surface area contributed by atoms with E-state index in [1.807, 2.05) is 0 Å². The Balaban J connectivity index is 2.00. The third-order valence-electron chi connectivity index (χ3n) is 3.00. The summed E-state index contributed by atoms with van der Waals surface area (Å²) < 4.78 is 5.04. The standard InChI is InChI=1S/C15H13ClN2O4/c1-22-15-7-4-11(8-13(15)16)17-9-14(19)10-2-5-12(6-3-10)18(20)21/h2-8,17H,9H2,1H3. The van der Waals surface area contributed by atoms with Crippen LogP contribution in [0.5, 0.6) is 5.75 Å². The number of nitrogens with one attached hydrogen (secondary N) is 1. The zero-order chi connectivity index (χ0) is 16.1. The van der Waals surface area contributed by atoms with Gasteiger partial charge in [-0.05, 0) is 30.3 Å². The van der Waals surface area contributed by atoms with Gasteiger partial charge in [-0.1, -0.05) is 11.6 Å². The summed E-state index contributed by atoms with van der Waals surface area (Å²) in [4.78, 5) is 22.1. The van der Waals surface area contributed by atoms with Crippen molar-refractivity contribution in [3.05, 3.63) is 63.2 Å². The van der Waals surface area contributed by atoms with E-state index in [-0.39, 0.29) is 18.0 Å². The van der Waals surface area contributed by atoms with Gasteiger partial charge in [0.1, 0.15) is 5.75 Å². The number of non-ortho nitro benzene ring substituents is 1. The Labute approximate surface area is 131 Å². The molecule has 0 aliphatic heterocycles. The second kappa shape index (κ2) is 6.91. The molecule has 2 aromatic carbocycles. The van der Waals surface area contributed by atoms with Crippen LogP contribution in [0.15, 0.2) is 42.5 Å². The highest BCUT2D eigenvalue weighted by molar-refractivity contribution is 6.32. The van der Waals surface area contributed by atoms with Crippen molar-refractivity contribution in [2.24, 2.45) is 0 Å². The molecule has 22 heavy (non-hydrogen) atoms. The highest BCUT2D eigenvalue weighted by atomic mass is 35.5. The molecule has 114 valence electrons. The van der Waals surface area contributed by atoms with Crippen LogP contribution in [0.4, 0.5) is 11.4 Å². The van der Waals surface area contributed by atoms with Gasteiger partial charge in [0.15, 0.2) is 5.78 Å². The third kappa shape index (κ3) is 3.73. The molecule has 0 atom stereocenters. The van der Waals surface area contributed by atoms with E-state index in [0.717, 1.165) is 0 Å². The van der Waals surface area contributed by atoms with E-state index in [1.165, 1.54) is 31.4 Å². The molecule has 7 heteroatoms. The molecule has 0 unspecified atom stereocenters. The minimum atomic E-state index is -0.508. The number of nitro groups is 1. The number of methoxy groups -OCH3 is 1. The molecule has 0 aromatic heterocycles. The number of hydrogen-bond acceptors (Lipinski definition) is 5. The Kier molecular flexibility index (Phi) is 4.95. The molecular weight excluding hydrogens is 308 g/mol. The van der Waals surface area contributed by atoms with E-state index in [1.54, 1.807) is 18.2 Å². The largest absolute Gasteiger partial charge is 0.495 e. The Morgan fingerprint density at radius 1 is 1.27 bits per heavy atom. The first-order valence-electron chi connectivity index (χ1n) is 6.36. The van der Waals surface area contributed by atoms with Crippen molar-refractivity contribution in [1.82, 2.24) is 0 Å². The van der Waals surface area contributed by atoms with Gasteiger partial charge in [-0.15, -0.1) is 0 Å². The quantitative estimate of drug-likeness (QED) is 0.500. The maximum Gasteiger partial charge on any atom is 0.269 e. The first kappa shape index (κ1) is 15.8. The van der Waals surface area contributed by atoms with Crippen molar-refractivity contribution in [2.45, 2.75) is 0 Å². The molecule has 6 nitrogen and oxygen atoms in total. The topological polar surface area (TPSA) is 81.5 Å². The van der Waals surface area contributed by atoms with Gasteiger partial charge in [0.25, 0.3) is 5.69 Å². The molecule has 0 radical (unpaired) electrons. The summed E-state index contributed by atoms with van der Waals surface area (Å²) >= 11 is 6.00. The van der Waals surface area contributed by atoms with Crippen LogP contribution in [0.1, 0.15) is 10.4 Å². The maximum atomic E-state index is 12.0. The van der Waals surface area contributed by atoms with Gasteiger partial charge in [-0.25, -0.2) is 0 Å². The first-order chi connectivity index (χ1) is 10.5. The normalized spacial score (nSPS) is 10.1. The Hall–Kier alpha value is -2.60. The van der Waals surface area contributed by atoms with Gasteiger partial charge in [-0.3, -0.25) is 14.9 Å². The van der Waals surface area contributed by atoms with E-state index in [4.69, 9.17) is 16.3 Å². The molecule has 1 N–H and O–H groups in total. The fourth-order valence-corrected chi connectivity index (χ4v) is 2.09. The molecule has 0 bridgehead atoms. The number of benzene rings is 2. The summed E-state index contributed by atoms with van der Waals surface area (Å²) in [6.07, 6.45) is 0. The molecular formula is C15H13ClN2O4. The van der Waals surface area contributed by atoms with Crippen LogP contribution < -0.4 is 10.1 Å². The minimum absolute atomic E-state index is 0.0496. The number of anilines is 1. The first-order valence-corrected chi connectivity index (χ1v) is 6.74. The van der Waals surface area contributed by atoms with Crippen molar-refractivity contribution >= 4 is 28.8 Å². The van der Waals surface area contributed by atoms with Crippen LogP contribution in [0.2, 0.25) is 5.02 Å². The lowest BCUT2D eigenvalue weighted by Gasteiger charge is -2.08. The van der Waals surface area contributed by atoms with Crippen LogP contribution in [0.3, 0.4) is 0 Å². The number of ketones is 1. The summed E-state index contributed by atoms with van der Waals surface area (Å²) in [5, 5.41) is 14.0. The molecule has 0 amide bonds. The lowest BCUT2D eigenvalue weighted by Crippen LogP contribution is -2.14. The number of carbonyl (C=O) groups is 1. The fraction of sp³-hybridized carbons (Fsp3) is 0.133. The number of halogens is 1. The predicted octanol–water partition coefficient (Wildman–Crippen LogP) is 3.55. The zero-order valence-electron chi connectivity index (χ0n) is 11.7. The summed E-state index contributed by atoms with van der Waals surface area (Å²) in [5.41, 5.74) is 1.03. The number of nitro benzene ring substituents is 1. The molecule has 2 rings (SSSR count). The Bertz CT molecular complexity index is 701. The van der Waals surface area contributed by atoms with Gasteiger partial charge in [0, 0.05) is 23.4 Å². The monoisotopic (exact) mass is 320 g/mol. The maximum absolute atomic E-state index is 12.0. The summed E-state index contributed by atoms with van der Waals surface area (Å²) in [5.74, 6) is 0.371. The summed E-state index contributed by atoms with van der Waals surface area (Å²) in [6.45, 7) is 0.0560. The van der Waals surface area contributed by atoms with Crippen molar-refractivity contribution in [3.8, 4) is 5.75 Å². The molecule has 0 heterocycles. The number of Topliss-reactive ketones (excluding diaryl/α,β-unsaturated/α-hetero) is 1. The fourth-order valence-electron chi connectivity index (χ4n) is 1.83. The van der Waals surface area contributed by atoms with Gasteiger partial charge in [0.05, 0.1) is 23.6 Å². The van der Waals surface area contributed by atoms with Crippen LogP contribution in [0, 0.1) is 10.1 Å². The highest BCUT2D eigenvalue weighted by Gasteiger charge is 2.10. The van der Waals surface area contributed by atoms with Crippen molar-refractivity contribution in [2.75, 3.05) is 19.0 Å². The molecule has 0 saturated carbocycles. The van der Waals surface area contributed by atoms with Crippen LogP contribution in [-0.2, 0) is 0 Å². The van der Waals surface area contributed by atoms with E-state index in [0.29, 0.717) is 22.0 Å². The predicted molar refractivity (Wildman–Crippen MR) is 83.9 cm³/mol. The van der Waals surface area contributed by atoms with Crippen molar-refractivity contribution in [3.63, 3.8) is 0 Å². The highest BCUT2D eigenvalue weighted by Crippen LogP contribution is 2.27. The van der Waals surface area contributed by atoms with Crippen LogP contribution >= 0.6 is 11.6 Å². The molecule has 0 aliphatic carbocycles. The lowest BCUT2D eigenvalue weighted by atomic mass is 10.1. The smallest absolute Gasteiger partial charge is 0.269 e. The van der Waals surface area contributed by atoms with E-state index < -0.39 is 4.92 Å². The van der Waals surface area contributed by atoms with Gasteiger partial charge in [0.2, 0.25) is 0 Å². The average molecular weight is 321 g/mol. The van der Waals surface area contributed by atoms with Crippen molar-refractivity contribution in [1.29, 1.82) is 0 Å². The van der Waals surface area contributed by atoms with Gasteiger partial charge < -0.3 is 10.1 Å².